The van der Waals surface area contributed by atoms with E-state index in [1.54, 1.807) is 23.0 Å². The normalized spacial score (nSPS) is 10.0. The second-order valence-corrected chi connectivity index (χ2v) is 5.53. The van der Waals surface area contributed by atoms with E-state index in [0.29, 0.717) is 16.6 Å². The summed E-state index contributed by atoms with van der Waals surface area (Å²) < 4.78 is 26.6. The average Bonchev–Trinajstić information content (AvgIpc) is 3.05. The summed E-state index contributed by atoms with van der Waals surface area (Å²) in [6.07, 6.45) is -1.03. The summed E-state index contributed by atoms with van der Waals surface area (Å²) in [5.41, 5.74) is 3.51. The van der Waals surface area contributed by atoms with Crippen molar-refractivity contribution in [2.45, 2.75) is 20.5 Å². The molecule has 0 spiro atoms. The molecule has 0 N–H and O–H groups in total. The second kappa shape index (κ2) is 8.95. The van der Waals surface area contributed by atoms with Gasteiger partial charge in [-0.25, -0.2) is 9.48 Å². The molecule has 0 amide bonds. The van der Waals surface area contributed by atoms with Crippen molar-refractivity contribution in [3.63, 3.8) is 0 Å². The molecule has 2 aromatic heterocycles. The van der Waals surface area contributed by atoms with Crippen molar-refractivity contribution in [1.82, 2.24) is 25.2 Å². The first-order valence-electron chi connectivity index (χ1n) is 7.31. The molecule has 3 aromatic rings. The second-order valence-electron chi connectivity index (χ2n) is 5.10. The van der Waals surface area contributed by atoms with E-state index in [0.717, 1.165) is 16.9 Å². The van der Waals surface area contributed by atoms with Gasteiger partial charge in [0.1, 0.15) is 12.3 Å². The molecule has 0 saturated carbocycles. The lowest BCUT2D eigenvalue weighted by atomic mass is 10.2. The van der Waals surface area contributed by atoms with Gasteiger partial charge in [0, 0.05) is 11.1 Å². The monoisotopic (exact) mass is 381 g/mol. The highest BCUT2D eigenvalue weighted by atomic mass is 35.5. The minimum atomic E-state index is -2.83. The highest BCUT2D eigenvalue weighted by Gasteiger charge is 2.06. The zero-order valence-corrected chi connectivity index (χ0v) is 14.6. The Kier molecular flexibility index (Phi) is 6.67. The Bertz CT molecular complexity index is 883. The smallest absolute Gasteiger partial charge is 0.470 e. The quantitative estimate of drug-likeness (QED) is 0.636. The largest absolute Gasteiger partial charge is 0.483 e. The maximum absolute atomic E-state index is 9.69. The average molecular weight is 382 g/mol. The topological polar surface area (TPSA) is 82.8 Å². The number of carbonyl (C=O) groups is 1. The van der Waals surface area contributed by atoms with Crippen LogP contribution < -0.4 is 4.74 Å². The van der Waals surface area contributed by atoms with Crippen LogP contribution in [-0.2, 0) is 6.61 Å². The van der Waals surface area contributed by atoms with Crippen LogP contribution in [0.3, 0.4) is 0 Å². The van der Waals surface area contributed by atoms with Gasteiger partial charge in [-0.15, -0.1) is 19.0 Å². The maximum Gasteiger partial charge on any atom is 0.483 e. The van der Waals surface area contributed by atoms with Crippen LogP contribution in [0.25, 0.3) is 5.69 Å². The lowest BCUT2D eigenvalue weighted by molar-refractivity contribution is 0.199. The van der Waals surface area contributed by atoms with Gasteiger partial charge in [0.2, 0.25) is 5.88 Å². The Hall–Kier alpha value is -2.94. The molecule has 136 valence electrons. The fourth-order valence-electron chi connectivity index (χ4n) is 1.82. The van der Waals surface area contributed by atoms with Crippen LogP contribution in [0, 0.1) is 13.8 Å². The molecule has 0 atom stereocenters. The van der Waals surface area contributed by atoms with Crippen LogP contribution >= 0.6 is 11.6 Å². The van der Waals surface area contributed by atoms with Gasteiger partial charge in [-0.3, -0.25) is 0 Å². The van der Waals surface area contributed by atoms with Crippen LogP contribution in [0.4, 0.5) is 13.6 Å². The van der Waals surface area contributed by atoms with Crippen LogP contribution in [0.5, 0.6) is 5.88 Å². The Balaban J connectivity index is 0.000000552. The molecule has 2 heterocycles. The molecular weight excluding hydrogens is 368 g/mol. The Labute approximate surface area is 152 Å². The highest BCUT2D eigenvalue weighted by Crippen LogP contribution is 2.14. The van der Waals surface area contributed by atoms with E-state index in [2.05, 4.69) is 20.5 Å². The Morgan fingerprint density at radius 3 is 2.42 bits per heavy atom. The third-order valence-corrected chi connectivity index (χ3v) is 3.46. The minimum Gasteiger partial charge on any atom is -0.470 e. The first-order valence-corrected chi connectivity index (χ1v) is 7.69. The lowest BCUT2D eigenvalue weighted by Gasteiger charge is -2.04. The summed E-state index contributed by atoms with van der Waals surface area (Å²) in [6, 6.07) is 9.21. The summed E-state index contributed by atoms with van der Waals surface area (Å²) in [6.45, 7) is 4.16. The molecule has 3 rings (SSSR count). The number of carbonyl (C=O) groups excluding carboxylic acids is 1. The maximum atomic E-state index is 9.69. The molecule has 0 unspecified atom stereocenters. The lowest BCUT2D eigenvalue weighted by Crippen LogP contribution is -2.00. The van der Waals surface area contributed by atoms with E-state index in [4.69, 9.17) is 21.1 Å². The summed E-state index contributed by atoms with van der Waals surface area (Å²) in [7, 11) is 0. The van der Waals surface area contributed by atoms with Gasteiger partial charge in [0.15, 0.2) is 0 Å². The number of aromatic nitrogens is 5. The molecule has 0 bridgehead atoms. The van der Waals surface area contributed by atoms with E-state index in [9.17, 15) is 8.78 Å². The number of rotatable bonds is 4. The Morgan fingerprint density at radius 1 is 1.15 bits per heavy atom. The molecule has 1 aromatic carbocycles. The van der Waals surface area contributed by atoms with Crippen LogP contribution in [-0.4, -0.2) is 31.5 Å². The standard InChI is InChI=1S/C15H14ClN5O.CF2O/c1-10-7-15(19-17-11(10)2)22-9-13-8-21(20-18-13)14-5-3-12(16)4-6-14;2-1(3)4/h3-8H,9H2,1-2H3;. The molecule has 26 heavy (non-hydrogen) atoms. The van der Waals surface area contributed by atoms with Crippen molar-refractivity contribution in [3.8, 4) is 11.6 Å². The predicted molar refractivity (Wildman–Crippen MR) is 89.8 cm³/mol. The molecule has 7 nitrogen and oxygen atoms in total. The van der Waals surface area contributed by atoms with Gasteiger partial charge in [0.25, 0.3) is 0 Å². The highest BCUT2D eigenvalue weighted by molar-refractivity contribution is 6.30. The van der Waals surface area contributed by atoms with Crippen molar-refractivity contribution in [2.75, 3.05) is 0 Å². The molecule has 0 aliphatic rings. The molecule has 0 radical (unpaired) electrons. The number of nitrogens with zero attached hydrogens (tertiary/aromatic N) is 5. The molecular formula is C16H14ClF2N5O2. The molecule has 0 saturated heterocycles. The third kappa shape index (κ3) is 5.85. The molecule has 10 heteroatoms. The van der Waals surface area contributed by atoms with Crippen molar-refractivity contribution in [2.24, 2.45) is 0 Å². The van der Waals surface area contributed by atoms with E-state index in [1.807, 2.05) is 32.0 Å². The number of ether oxygens (including phenoxy) is 1. The van der Waals surface area contributed by atoms with Crippen molar-refractivity contribution >= 4 is 17.9 Å². The van der Waals surface area contributed by atoms with Gasteiger partial charge in [0.05, 0.1) is 17.6 Å². The molecule has 0 fully saturated rings. The van der Waals surface area contributed by atoms with E-state index >= 15 is 0 Å². The fraction of sp³-hybridized carbons (Fsp3) is 0.188. The van der Waals surface area contributed by atoms with Gasteiger partial charge in [-0.05, 0) is 43.7 Å². The fourth-order valence-corrected chi connectivity index (χ4v) is 1.95. The van der Waals surface area contributed by atoms with Crippen molar-refractivity contribution in [1.29, 1.82) is 0 Å². The van der Waals surface area contributed by atoms with E-state index < -0.39 is 6.29 Å². The van der Waals surface area contributed by atoms with Gasteiger partial charge < -0.3 is 4.74 Å². The van der Waals surface area contributed by atoms with Crippen molar-refractivity contribution < 1.29 is 18.3 Å². The van der Waals surface area contributed by atoms with Gasteiger partial charge in [-0.1, -0.05) is 16.8 Å². The Morgan fingerprint density at radius 2 is 1.81 bits per heavy atom. The summed E-state index contributed by atoms with van der Waals surface area (Å²) in [5, 5.41) is 16.8. The summed E-state index contributed by atoms with van der Waals surface area (Å²) in [4.78, 5) is 8.11. The van der Waals surface area contributed by atoms with Crippen LogP contribution in [0.2, 0.25) is 5.02 Å². The zero-order valence-electron chi connectivity index (χ0n) is 13.9. The number of benzene rings is 1. The third-order valence-electron chi connectivity index (χ3n) is 3.21. The van der Waals surface area contributed by atoms with Crippen molar-refractivity contribution in [3.05, 3.63) is 58.5 Å². The first kappa shape index (κ1) is 19.4. The minimum absolute atomic E-state index is 0.283. The number of hydrogen-bond donors (Lipinski definition) is 0. The zero-order chi connectivity index (χ0) is 19.1. The van der Waals surface area contributed by atoms with E-state index in [-0.39, 0.29) is 6.61 Å². The number of halogens is 3. The van der Waals surface area contributed by atoms with E-state index in [1.165, 1.54) is 0 Å². The molecule has 0 aliphatic heterocycles. The number of hydrogen-bond acceptors (Lipinski definition) is 6. The SMILES string of the molecule is Cc1cc(OCc2cn(-c3ccc(Cl)cc3)nn2)nnc1C.O=C(F)F. The predicted octanol–water partition coefficient (Wildman–Crippen LogP) is 3.95. The first-order chi connectivity index (χ1) is 12.3. The van der Waals surface area contributed by atoms with Crippen LogP contribution in [0.15, 0.2) is 36.5 Å². The molecule has 0 aliphatic carbocycles. The number of aryl methyl sites for hydroxylation is 2. The summed E-state index contributed by atoms with van der Waals surface area (Å²) >= 11 is 5.87. The van der Waals surface area contributed by atoms with Gasteiger partial charge >= 0.3 is 6.29 Å². The summed E-state index contributed by atoms with van der Waals surface area (Å²) in [5.74, 6) is 0.476. The van der Waals surface area contributed by atoms with Gasteiger partial charge in [-0.2, -0.15) is 5.10 Å². The van der Waals surface area contributed by atoms with Crippen LogP contribution in [0.1, 0.15) is 17.0 Å².